The van der Waals surface area contributed by atoms with E-state index in [0.717, 1.165) is 42.4 Å². The fourth-order valence-corrected chi connectivity index (χ4v) is 4.91. The van der Waals surface area contributed by atoms with Gasteiger partial charge in [0.15, 0.2) is 11.5 Å². The van der Waals surface area contributed by atoms with E-state index >= 15 is 0 Å². The molecule has 38 heavy (non-hydrogen) atoms. The summed E-state index contributed by atoms with van der Waals surface area (Å²) in [6.07, 6.45) is 1.62. The topological polar surface area (TPSA) is 72.9 Å². The second kappa shape index (κ2) is 14.3. The van der Waals surface area contributed by atoms with Gasteiger partial charge in [-0.1, -0.05) is 51.1 Å². The lowest BCUT2D eigenvalue weighted by molar-refractivity contribution is 0.0944. The van der Waals surface area contributed by atoms with Gasteiger partial charge >= 0.3 is 0 Å². The molecule has 0 aliphatic heterocycles. The van der Waals surface area contributed by atoms with E-state index < -0.39 is 0 Å². The van der Waals surface area contributed by atoms with Crippen molar-refractivity contribution in [1.29, 1.82) is 0 Å². The van der Waals surface area contributed by atoms with E-state index in [4.69, 9.17) is 14.2 Å². The molecule has 0 saturated heterocycles. The second-order valence-electron chi connectivity index (χ2n) is 10.3. The van der Waals surface area contributed by atoms with Crippen molar-refractivity contribution in [2.45, 2.75) is 52.1 Å². The van der Waals surface area contributed by atoms with Gasteiger partial charge in [-0.25, -0.2) is 4.98 Å². The van der Waals surface area contributed by atoms with E-state index in [-0.39, 0.29) is 11.3 Å². The van der Waals surface area contributed by atoms with Crippen LogP contribution in [0.1, 0.15) is 59.4 Å². The molecule has 0 radical (unpaired) electrons. The molecule has 0 spiro atoms. The van der Waals surface area contributed by atoms with E-state index in [1.807, 2.05) is 17.5 Å². The number of amides is 1. The van der Waals surface area contributed by atoms with Crippen LogP contribution in [0.4, 0.5) is 0 Å². The third kappa shape index (κ3) is 8.82. The standard InChI is InChI=1S/C30H41N3O4S/c1-30(2,3)24-11-8-23(9-12-24)19-33(16-14-22-10-13-26(36-5)27(18-22)37-6)20-28-32-25(21-38-28)29(34)31-15-7-17-35-4/h8-13,18,21H,7,14-17,19-20H2,1-6H3,(H,31,34). The Labute approximate surface area is 231 Å². The number of methoxy groups -OCH3 is 3. The number of aromatic nitrogens is 1. The molecule has 0 fully saturated rings. The third-order valence-electron chi connectivity index (χ3n) is 6.34. The van der Waals surface area contributed by atoms with Crippen LogP contribution in [-0.4, -0.2) is 56.8 Å². The van der Waals surface area contributed by atoms with Gasteiger partial charge in [-0.2, -0.15) is 0 Å². The number of nitrogens with zero attached hydrogens (tertiary/aromatic N) is 2. The summed E-state index contributed by atoms with van der Waals surface area (Å²) in [4.78, 5) is 19.5. The van der Waals surface area contributed by atoms with Gasteiger partial charge in [-0.3, -0.25) is 9.69 Å². The Hall–Kier alpha value is -2.94. The van der Waals surface area contributed by atoms with Gasteiger partial charge in [-0.15, -0.1) is 11.3 Å². The van der Waals surface area contributed by atoms with Crippen molar-refractivity contribution in [1.82, 2.24) is 15.2 Å². The number of benzene rings is 2. The highest BCUT2D eigenvalue weighted by molar-refractivity contribution is 7.09. The smallest absolute Gasteiger partial charge is 0.270 e. The van der Waals surface area contributed by atoms with E-state index in [1.54, 1.807) is 21.3 Å². The van der Waals surface area contributed by atoms with Gasteiger partial charge in [0.2, 0.25) is 0 Å². The predicted octanol–water partition coefficient (Wildman–Crippen LogP) is 5.47. The molecule has 1 heterocycles. The summed E-state index contributed by atoms with van der Waals surface area (Å²) < 4.78 is 15.9. The van der Waals surface area contributed by atoms with Crippen LogP contribution in [0, 0.1) is 0 Å². The maximum Gasteiger partial charge on any atom is 0.270 e. The minimum absolute atomic E-state index is 0.118. The van der Waals surface area contributed by atoms with E-state index in [0.29, 0.717) is 25.4 Å². The van der Waals surface area contributed by atoms with Crippen LogP contribution in [0.2, 0.25) is 0 Å². The molecule has 0 atom stereocenters. The van der Waals surface area contributed by atoms with Crippen molar-refractivity contribution in [3.8, 4) is 11.5 Å². The van der Waals surface area contributed by atoms with Gasteiger partial charge in [0.1, 0.15) is 10.7 Å². The molecule has 7 nitrogen and oxygen atoms in total. The molecule has 1 amide bonds. The fraction of sp³-hybridized carbons (Fsp3) is 0.467. The molecule has 2 aromatic carbocycles. The summed E-state index contributed by atoms with van der Waals surface area (Å²) >= 11 is 1.52. The zero-order valence-electron chi connectivity index (χ0n) is 23.5. The Morgan fingerprint density at radius 2 is 1.68 bits per heavy atom. The Kier molecular flexibility index (Phi) is 11.1. The van der Waals surface area contributed by atoms with Crippen LogP contribution >= 0.6 is 11.3 Å². The normalized spacial score (nSPS) is 11.6. The number of rotatable bonds is 14. The number of carbonyl (C=O) groups is 1. The monoisotopic (exact) mass is 539 g/mol. The maximum absolute atomic E-state index is 12.5. The molecular formula is C30H41N3O4S. The van der Waals surface area contributed by atoms with Gasteiger partial charge in [-0.05, 0) is 47.1 Å². The molecule has 0 saturated carbocycles. The molecule has 1 N–H and O–H groups in total. The summed E-state index contributed by atoms with van der Waals surface area (Å²) in [6.45, 7) is 10.2. The van der Waals surface area contributed by atoms with Crippen LogP contribution in [0.5, 0.6) is 11.5 Å². The zero-order valence-corrected chi connectivity index (χ0v) is 24.3. The van der Waals surface area contributed by atoms with Gasteiger partial charge in [0, 0.05) is 38.7 Å². The molecule has 0 aliphatic carbocycles. The molecule has 3 aromatic rings. The lowest BCUT2D eigenvalue weighted by Crippen LogP contribution is -2.27. The van der Waals surface area contributed by atoms with Crippen LogP contribution in [0.25, 0.3) is 0 Å². The van der Waals surface area contributed by atoms with Crippen molar-refractivity contribution in [2.75, 3.05) is 41.0 Å². The molecule has 3 rings (SSSR count). The molecule has 0 bridgehead atoms. The van der Waals surface area contributed by atoms with E-state index in [2.05, 4.69) is 66.3 Å². The third-order valence-corrected chi connectivity index (χ3v) is 7.18. The van der Waals surface area contributed by atoms with Gasteiger partial charge in [0.25, 0.3) is 5.91 Å². The van der Waals surface area contributed by atoms with Crippen LogP contribution in [0.15, 0.2) is 47.8 Å². The highest BCUT2D eigenvalue weighted by atomic mass is 32.1. The number of ether oxygens (including phenoxy) is 3. The lowest BCUT2D eigenvalue weighted by atomic mass is 9.87. The number of thiazole rings is 1. The van der Waals surface area contributed by atoms with Crippen molar-refractivity contribution in [3.05, 3.63) is 75.2 Å². The van der Waals surface area contributed by atoms with Gasteiger partial charge in [0.05, 0.1) is 20.8 Å². The fourth-order valence-electron chi connectivity index (χ4n) is 4.09. The summed E-state index contributed by atoms with van der Waals surface area (Å²) in [5.74, 6) is 1.32. The van der Waals surface area contributed by atoms with Crippen LogP contribution in [-0.2, 0) is 29.7 Å². The minimum atomic E-state index is -0.141. The van der Waals surface area contributed by atoms with E-state index in [9.17, 15) is 4.79 Å². The first-order chi connectivity index (χ1) is 18.2. The number of hydrogen-bond acceptors (Lipinski definition) is 7. The van der Waals surface area contributed by atoms with Crippen molar-refractivity contribution in [3.63, 3.8) is 0 Å². The van der Waals surface area contributed by atoms with Crippen molar-refractivity contribution >= 4 is 17.2 Å². The SMILES string of the molecule is COCCCNC(=O)c1csc(CN(CCc2ccc(OC)c(OC)c2)Cc2ccc(C(C)(C)C)cc2)n1. The number of nitrogens with one attached hydrogen (secondary N) is 1. The highest BCUT2D eigenvalue weighted by Gasteiger charge is 2.16. The van der Waals surface area contributed by atoms with Gasteiger partial charge < -0.3 is 19.5 Å². The first kappa shape index (κ1) is 29.6. The lowest BCUT2D eigenvalue weighted by Gasteiger charge is -2.23. The molecule has 1 aromatic heterocycles. The Bertz CT molecular complexity index is 1160. The van der Waals surface area contributed by atoms with Crippen LogP contribution < -0.4 is 14.8 Å². The largest absolute Gasteiger partial charge is 0.493 e. The predicted molar refractivity (Wildman–Crippen MR) is 153 cm³/mol. The maximum atomic E-state index is 12.5. The summed E-state index contributed by atoms with van der Waals surface area (Å²) in [7, 11) is 4.96. The first-order valence-corrected chi connectivity index (χ1v) is 13.9. The molecule has 206 valence electrons. The minimum Gasteiger partial charge on any atom is -0.493 e. The quantitative estimate of drug-likeness (QED) is 0.274. The summed E-state index contributed by atoms with van der Waals surface area (Å²) in [6, 6.07) is 14.9. The molecule has 8 heteroatoms. The second-order valence-corrected chi connectivity index (χ2v) is 11.3. The summed E-state index contributed by atoms with van der Waals surface area (Å²) in [5, 5.41) is 5.67. The molecule has 0 unspecified atom stereocenters. The zero-order chi connectivity index (χ0) is 27.5. The molecular weight excluding hydrogens is 498 g/mol. The number of hydrogen-bond donors (Lipinski definition) is 1. The number of carbonyl (C=O) groups excluding carboxylic acids is 1. The summed E-state index contributed by atoms with van der Waals surface area (Å²) in [5.41, 5.74) is 4.33. The Balaban J connectivity index is 1.72. The Morgan fingerprint density at radius 3 is 2.34 bits per heavy atom. The van der Waals surface area contributed by atoms with Crippen LogP contribution in [0.3, 0.4) is 0 Å². The van der Waals surface area contributed by atoms with Crippen molar-refractivity contribution in [2.24, 2.45) is 0 Å². The van der Waals surface area contributed by atoms with E-state index in [1.165, 1.54) is 28.0 Å². The van der Waals surface area contributed by atoms with Crippen molar-refractivity contribution < 1.29 is 19.0 Å². The molecule has 0 aliphatic rings. The average Bonchev–Trinajstić information content (AvgIpc) is 3.38. The highest BCUT2D eigenvalue weighted by Crippen LogP contribution is 2.28. The first-order valence-electron chi connectivity index (χ1n) is 13.0. The average molecular weight is 540 g/mol. The Morgan fingerprint density at radius 1 is 0.974 bits per heavy atom.